The van der Waals surface area contributed by atoms with Crippen molar-refractivity contribution < 1.29 is 30.0 Å². The minimum atomic E-state index is -1.03. The van der Waals surface area contributed by atoms with Gasteiger partial charge in [-0.15, -0.1) is 30.3 Å². The van der Waals surface area contributed by atoms with E-state index in [0.29, 0.717) is 36.7 Å². The Morgan fingerprint density at radius 2 is 1.19 bits per heavy atom. The van der Waals surface area contributed by atoms with Crippen LogP contribution in [-0.2, 0) is 24.9 Å². The van der Waals surface area contributed by atoms with Crippen LogP contribution in [-0.4, -0.2) is 78.5 Å². The number of carboxylic acid groups (broad SMARTS) is 1. The molecule has 0 aromatic carbocycles. The number of hydrogen-bond donors (Lipinski definition) is 0. The van der Waals surface area contributed by atoms with Gasteiger partial charge >= 0.3 is 20.1 Å². The minimum Gasteiger partial charge on any atom is -0.655 e. The Hall–Kier alpha value is 1.37. The molecule has 0 aliphatic carbocycles. The second-order valence-corrected chi connectivity index (χ2v) is 14.0. The van der Waals surface area contributed by atoms with Gasteiger partial charge in [-0.25, -0.2) is 0 Å². The van der Waals surface area contributed by atoms with Gasteiger partial charge in [-0.05, 0) is 60.0 Å². The van der Waals surface area contributed by atoms with Gasteiger partial charge in [0.1, 0.15) is 0 Å². The Balaban J connectivity index is -0.0000000973. The van der Waals surface area contributed by atoms with Crippen LogP contribution in [0.4, 0.5) is 0 Å². The fraction of sp³-hybridized carbons (Fsp3) is 0.929. The first-order valence-electron chi connectivity index (χ1n) is 6.70. The van der Waals surface area contributed by atoms with Crippen molar-refractivity contribution in [1.29, 1.82) is 0 Å². The van der Waals surface area contributed by atoms with E-state index in [2.05, 4.69) is 65.3 Å². The van der Waals surface area contributed by atoms with E-state index in [1.54, 1.807) is 0 Å². The molecule has 1 rings (SSSR count). The van der Waals surface area contributed by atoms with Gasteiger partial charge < -0.3 is 15.2 Å². The van der Waals surface area contributed by atoms with Crippen LogP contribution in [0.1, 0.15) is 12.8 Å². The van der Waals surface area contributed by atoms with Gasteiger partial charge in [-0.2, -0.15) is 0 Å². The second-order valence-electron chi connectivity index (χ2n) is 5.91. The Labute approximate surface area is 150 Å². The second kappa shape index (κ2) is 21.4. The van der Waals surface area contributed by atoms with Crippen LogP contribution in [0.2, 0.25) is 0 Å². The van der Waals surface area contributed by atoms with Gasteiger partial charge in [-0.3, -0.25) is 0 Å². The molecule has 1 fully saturated rings. The Morgan fingerprint density at radius 1 is 0.905 bits per heavy atom. The summed E-state index contributed by atoms with van der Waals surface area (Å²) < 4.78 is 0. The topological polar surface area (TPSA) is 54.2 Å². The molecule has 0 saturated carbocycles. The third kappa shape index (κ3) is 52.4. The number of carbonyl (C=O) groups is 1. The number of aliphatic carboxylic acids is 1. The maximum absolute atomic E-state index is 10.00. The van der Waals surface area contributed by atoms with Crippen LogP contribution in [0.5, 0.6) is 0 Å². The average molecular weight is 534 g/mol. The van der Waals surface area contributed by atoms with Crippen LogP contribution in [0.25, 0.3) is 5.32 Å². The molecule has 0 bridgehead atoms. The minimum absolute atomic E-state index is 0. The van der Waals surface area contributed by atoms with E-state index in [-0.39, 0.29) is 20.1 Å². The summed E-state index contributed by atoms with van der Waals surface area (Å²) >= 11 is 0. The summed E-state index contributed by atoms with van der Waals surface area (Å²) in [6.45, 7) is 20.8. The van der Waals surface area contributed by atoms with Crippen molar-refractivity contribution in [3.63, 3.8) is 0 Å². The summed E-state index contributed by atoms with van der Waals surface area (Å²) in [4.78, 5) is 10.00. The Morgan fingerprint density at radius 3 is 1.29 bits per heavy atom. The first-order chi connectivity index (χ1) is 9.00. The Bertz CT molecular complexity index is 190. The van der Waals surface area contributed by atoms with Crippen LogP contribution in [0.15, 0.2) is 0 Å². The molecular weight excluding hydrogens is 499 g/mol. The Kier molecular flexibility index (Phi) is 30.8. The van der Waals surface area contributed by atoms with E-state index in [4.69, 9.17) is 0 Å². The maximum Gasteiger partial charge on any atom is 3.00 e. The maximum atomic E-state index is 10.00. The van der Waals surface area contributed by atoms with E-state index < -0.39 is 12.0 Å². The molecular formula is C14H34IrNO2P3+. The molecule has 1 aliphatic heterocycles. The summed E-state index contributed by atoms with van der Waals surface area (Å²) in [5, 5.41) is 13.8. The zero-order valence-corrected chi connectivity index (χ0v) is 20.2. The summed E-state index contributed by atoms with van der Waals surface area (Å²) in [5.41, 5.74) is 0. The summed E-state index contributed by atoms with van der Waals surface area (Å²) in [5.74, 6) is -1.03. The number of nitrogens with zero attached hydrogens (tertiary/aromatic N) is 1. The fourth-order valence-corrected chi connectivity index (χ4v) is 0.815. The number of carbonyl (C=O) groups excluding carboxylic acids is 1. The smallest absolute Gasteiger partial charge is 0.655 e. The first-order valence-corrected chi connectivity index (χ1v) is 14.8. The summed E-state index contributed by atoms with van der Waals surface area (Å²) in [7, 11) is 1.14. The third-order valence-electron chi connectivity index (χ3n) is 1.26. The van der Waals surface area contributed by atoms with Crippen LogP contribution in [0.3, 0.4) is 0 Å². The van der Waals surface area contributed by atoms with Crippen LogP contribution >= 0.6 is 23.8 Å². The summed E-state index contributed by atoms with van der Waals surface area (Å²) in [6.07, 6.45) is 1.57. The standard InChI is InChI=1S/C5H8NO2.3C3H9P.Ir/c7-5(8)4-2-1-3-6-4;3*1-4(2)3;/h4H,1-3H2,(H,7,8);3*1-3H3;/q-1;;;;+3/p-1/t4-;;;;/m0..../s1. The molecule has 1 saturated heterocycles. The van der Waals surface area contributed by atoms with E-state index in [1.165, 1.54) is 0 Å². The number of carboxylic acids is 1. The van der Waals surface area contributed by atoms with Crippen molar-refractivity contribution in [3.8, 4) is 0 Å². The monoisotopic (exact) mass is 534 g/mol. The molecule has 130 valence electrons. The zero-order chi connectivity index (χ0) is 16.7. The molecule has 0 N–H and O–H groups in total. The van der Waals surface area contributed by atoms with Gasteiger partial charge in [0.15, 0.2) is 0 Å². The molecule has 1 atom stereocenters. The van der Waals surface area contributed by atoms with E-state index >= 15 is 0 Å². The fourth-order valence-electron chi connectivity index (χ4n) is 0.815. The molecule has 3 nitrogen and oxygen atoms in total. The molecule has 1 aliphatic rings. The molecule has 0 aromatic rings. The molecule has 1 heterocycles. The van der Waals surface area contributed by atoms with E-state index in [0.717, 1.165) is 6.42 Å². The molecule has 0 unspecified atom stereocenters. The van der Waals surface area contributed by atoms with Gasteiger partial charge in [0.2, 0.25) is 0 Å². The van der Waals surface area contributed by atoms with Gasteiger partial charge in [0.05, 0.1) is 0 Å². The largest absolute Gasteiger partial charge is 3.00 e. The van der Waals surface area contributed by atoms with Gasteiger partial charge in [0, 0.05) is 5.97 Å². The number of hydrogen-bond acceptors (Lipinski definition) is 2. The van der Waals surface area contributed by atoms with Crippen molar-refractivity contribution in [1.82, 2.24) is 0 Å². The van der Waals surface area contributed by atoms with E-state index in [9.17, 15) is 9.90 Å². The van der Waals surface area contributed by atoms with Crippen LogP contribution < -0.4 is 5.11 Å². The van der Waals surface area contributed by atoms with Crippen molar-refractivity contribution in [2.45, 2.75) is 18.9 Å². The third-order valence-corrected chi connectivity index (χ3v) is 1.26. The molecule has 21 heavy (non-hydrogen) atoms. The zero-order valence-electron chi connectivity index (χ0n) is 15.1. The molecule has 0 spiro atoms. The molecule has 0 amide bonds. The van der Waals surface area contributed by atoms with Gasteiger partial charge in [-0.1, -0.05) is 18.9 Å². The predicted molar refractivity (Wildman–Crippen MR) is 100 cm³/mol. The normalized spacial score (nSPS) is 15.9. The predicted octanol–water partition coefficient (Wildman–Crippen LogP) is 3.34. The molecule has 0 aromatic heterocycles. The molecule has 0 radical (unpaired) electrons. The first kappa shape index (κ1) is 30.3. The quantitative estimate of drug-likeness (QED) is 0.486. The van der Waals surface area contributed by atoms with Crippen molar-refractivity contribution >= 4 is 29.7 Å². The van der Waals surface area contributed by atoms with Crippen molar-refractivity contribution in [2.24, 2.45) is 0 Å². The number of rotatable bonds is 1. The average Bonchev–Trinajstić information content (AvgIpc) is 2.66. The van der Waals surface area contributed by atoms with Gasteiger partial charge in [0.25, 0.3) is 0 Å². The summed E-state index contributed by atoms with van der Waals surface area (Å²) in [6, 6.07) is -0.505. The SMILES string of the molecule is CP(C)C.CP(C)C.CP(C)C.O=C([O-])[C@@H]1CCC[N-]1.[Ir+3]. The van der Waals surface area contributed by atoms with Crippen LogP contribution in [0, 0.1) is 0 Å². The van der Waals surface area contributed by atoms with Crippen molar-refractivity contribution in [3.05, 3.63) is 5.32 Å². The molecule has 7 heteroatoms. The van der Waals surface area contributed by atoms with Crippen molar-refractivity contribution in [2.75, 3.05) is 66.5 Å². The van der Waals surface area contributed by atoms with E-state index in [1.807, 2.05) is 0 Å².